The van der Waals surface area contributed by atoms with Crippen molar-refractivity contribution in [2.45, 2.75) is 31.8 Å². The maximum atomic E-state index is 12.3. The lowest BCUT2D eigenvalue weighted by atomic mass is 10.4. The average molecular weight is 309 g/mol. The van der Waals surface area contributed by atoms with E-state index in [1.165, 1.54) is 12.4 Å². The number of hydrogen-bond acceptors (Lipinski definition) is 5. The van der Waals surface area contributed by atoms with Crippen molar-refractivity contribution in [3.63, 3.8) is 0 Å². The number of aryl methyl sites for hydroxylation is 1. The Morgan fingerprint density at radius 2 is 1.95 bits per heavy atom. The van der Waals surface area contributed by atoms with Gasteiger partial charge in [-0.25, -0.2) is 23.1 Å². The predicted molar refractivity (Wildman–Crippen MR) is 80.3 cm³/mol. The molecule has 0 unspecified atom stereocenters. The first-order chi connectivity index (χ1) is 10.1. The molecule has 114 valence electrons. The highest BCUT2D eigenvalue weighted by Crippen LogP contribution is 2.17. The van der Waals surface area contributed by atoms with Gasteiger partial charge in [0.1, 0.15) is 4.90 Å². The zero-order chi connectivity index (χ0) is 15.3. The SMILES string of the molecule is CCNCc1cc(S(=O)(=O)Nc2ncccn2)cn1CC. The smallest absolute Gasteiger partial charge is 0.265 e. The second kappa shape index (κ2) is 6.68. The lowest BCUT2D eigenvalue weighted by Gasteiger charge is -2.05. The van der Waals surface area contributed by atoms with Gasteiger partial charge in [0.15, 0.2) is 0 Å². The van der Waals surface area contributed by atoms with Crippen molar-refractivity contribution >= 4 is 16.0 Å². The molecular weight excluding hydrogens is 290 g/mol. The van der Waals surface area contributed by atoms with Crippen LogP contribution in [0.25, 0.3) is 0 Å². The molecule has 0 aliphatic heterocycles. The molecule has 0 aromatic carbocycles. The van der Waals surface area contributed by atoms with Gasteiger partial charge in [-0.1, -0.05) is 6.92 Å². The van der Waals surface area contributed by atoms with Crippen LogP contribution in [-0.2, 0) is 23.1 Å². The van der Waals surface area contributed by atoms with Crippen LogP contribution in [0.2, 0.25) is 0 Å². The van der Waals surface area contributed by atoms with E-state index in [2.05, 4.69) is 20.0 Å². The number of nitrogens with zero attached hydrogens (tertiary/aromatic N) is 3. The number of hydrogen-bond donors (Lipinski definition) is 2. The zero-order valence-electron chi connectivity index (χ0n) is 12.1. The third-order valence-electron chi connectivity index (χ3n) is 2.96. The van der Waals surface area contributed by atoms with Crippen LogP contribution in [-0.4, -0.2) is 29.5 Å². The number of anilines is 1. The first kappa shape index (κ1) is 15.5. The molecule has 2 aromatic heterocycles. The molecule has 0 spiro atoms. The van der Waals surface area contributed by atoms with Gasteiger partial charge in [0.25, 0.3) is 10.0 Å². The van der Waals surface area contributed by atoms with E-state index in [4.69, 9.17) is 0 Å². The third-order valence-corrected chi connectivity index (χ3v) is 4.25. The van der Waals surface area contributed by atoms with E-state index in [0.29, 0.717) is 13.1 Å². The third kappa shape index (κ3) is 3.79. The molecule has 2 N–H and O–H groups in total. The standard InChI is InChI=1S/C13H19N5O2S/c1-3-14-9-11-8-12(10-18(11)4-2)21(19,20)17-13-15-6-5-7-16-13/h5-8,10,14H,3-4,9H2,1-2H3,(H,15,16,17). The van der Waals surface area contributed by atoms with Crippen LogP contribution in [0.5, 0.6) is 0 Å². The van der Waals surface area contributed by atoms with Crippen LogP contribution in [0.4, 0.5) is 5.95 Å². The molecule has 2 rings (SSSR count). The molecule has 0 bridgehead atoms. The fourth-order valence-electron chi connectivity index (χ4n) is 1.90. The van der Waals surface area contributed by atoms with E-state index in [9.17, 15) is 8.42 Å². The summed E-state index contributed by atoms with van der Waals surface area (Å²) in [5.74, 6) is 0.0648. The maximum Gasteiger partial charge on any atom is 0.265 e. The second-order valence-electron chi connectivity index (χ2n) is 4.41. The maximum absolute atomic E-state index is 12.3. The Kier molecular flexibility index (Phi) is 4.92. The summed E-state index contributed by atoms with van der Waals surface area (Å²) < 4.78 is 28.9. The van der Waals surface area contributed by atoms with Crippen molar-refractivity contribution in [2.24, 2.45) is 0 Å². The van der Waals surface area contributed by atoms with Gasteiger partial charge < -0.3 is 9.88 Å². The number of rotatable bonds is 7. The molecule has 0 saturated carbocycles. The fourth-order valence-corrected chi connectivity index (χ4v) is 2.92. The summed E-state index contributed by atoms with van der Waals surface area (Å²) in [6.45, 7) is 6.14. The van der Waals surface area contributed by atoms with E-state index in [1.54, 1.807) is 18.3 Å². The highest BCUT2D eigenvalue weighted by Gasteiger charge is 2.19. The highest BCUT2D eigenvalue weighted by atomic mass is 32.2. The van der Waals surface area contributed by atoms with Crippen molar-refractivity contribution in [2.75, 3.05) is 11.3 Å². The van der Waals surface area contributed by atoms with Gasteiger partial charge in [-0.15, -0.1) is 0 Å². The van der Waals surface area contributed by atoms with E-state index < -0.39 is 10.0 Å². The first-order valence-electron chi connectivity index (χ1n) is 6.76. The van der Waals surface area contributed by atoms with Crippen LogP contribution in [0.1, 0.15) is 19.5 Å². The first-order valence-corrected chi connectivity index (χ1v) is 8.24. The Balaban J connectivity index is 2.25. The molecule has 21 heavy (non-hydrogen) atoms. The molecule has 8 heteroatoms. The monoisotopic (exact) mass is 309 g/mol. The normalized spacial score (nSPS) is 11.5. The average Bonchev–Trinajstić information content (AvgIpc) is 2.90. The minimum atomic E-state index is -3.67. The topological polar surface area (TPSA) is 88.9 Å². The van der Waals surface area contributed by atoms with Crippen molar-refractivity contribution in [3.8, 4) is 0 Å². The Hall–Kier alpha value is -1.93. The Morgan fingerprint density at radius 1 is 1.24 bits per heavy atom. The van der Waals surface area contributed by atoms with Gasteiger partial charge in [0.2, 0.25) is 5.95 Å². The van der Waals surface area contributed by atoms with Gasteiger partial charge in [0, 0.05) is 37.4 Å². The predicted octanol–water partition coefficient (Wildman–Crippen LogP) is 1.21. The molecule has 0 amide bonds. The van der Waals surface area contributed by atoms with Crippen LogP contribution < -0.4 is 10.0 Å². The fraction of sp³-hybridized carbons (Fsp3) is 0.385. The highest BCUT2D eigenvalue weighted by molar-refractivity contribution is 7.92. The molecule has 2 aromatic rings. The van der Waals surface area contributed by atoms with Crippen molar-refractivity contribution in [1.82, 2.24) is 19.9 Å². The minimum Gasteiger partial charge on any atom is -0.349 e. The zero-order valence-corrected chi connectivity index (χ0v) is 12.9. The molecular formula is C13H19N5O2S. The van der Waals surface area contributed by atoms with Crippen molar-refractivity contribution in [1.29, 1.82) is 0 Å². The molecule has 0 saturated heterocycles. The van der Waals surface area contributed by atoms with Crippen molar-refractivity contribution < 1.29 is 8.42 Å². The van der Waals surface area contributed by atoms with Gasteiger partial charge in [-0.2, -0.15) is 0 Å². The molecule has 0 atom stereocenters. The van der Waals surface area contributed by atoms with E-state index in [0.717, 1.165) is 12.2 Å². The van der Waals surface area contributed by atoms with E-state index >= 15 is 0 Å². The number of aromatic nitrogens is 3. The number of sulfonamides is 1. The Morgan fingerprint density at radius 3 is 2.57 bits per heavy atom. The van der Waals surface area contributed by atoms with Gasteiger partial charge in [0.05, 0.1) is 0 Å². The molecule has 0 radical (unpaired) electrons. The summed E-state index contributed by atoms with van der Waals surface area (Å²) in [5.41, 5.74) is 0.925. The Labute approximate surface area is 124 Å². The molecule has 0 aliphatic carbocycles. The quantitative estimate of drug-likeness (QED) is 0.802. The van der Waals surface area contributed by atoms with E-state index in [1.807, 2.05) is 18.4 Å². The van der Waals surface area contributed by atoms with Gasteiger partial charge in [-0.05, 0) is 25.6 Å². The summed E-state index contributed by atoms with van der Waals surface area (Å²) >= 11 is 0. The van der Waals surface area contributed by atoms with Crippen LogP contribution in [0.15, 0.2) is 35.6 Å². The van der Waals surface area contributed by atoms with Gasteiger partial charge >= 0.3 is 0 Å². The van der Waals surface area contributed by atoms with Crippen molar-refractivity contribution in [3.05, 3.63) is 36.4 Å². The summed E-state index contributed by atoms with van der Waals surface area (Å²) in [6, 6.07) is 3.29. The molecule has 0 fully saturated rings. The summed E-state index contributed by atoms with van der Waals surface area (Å²) in [7, 11) is -3.67. The molecule has 0 aliphatic rings. The summed E-state index contributed by atoms with van der Waals surface area (Å²) in [6.07, 6.45) is 4.59. The van der Waals surface area contributed by atoms with Gasteiger partial charge in [-0.3, -0.25) is 0 Å². The lowest BCUT2D eigenvalue weighted by Crippen LogP contribution is -2.14. The number of nitrogens with one attached hydrogen (secondary N) is 2. The summed E-state index contributed by atoms with van der Waals surface area (Å²) in [4.78, 5) is 7.95. The molecule has 7 nitrogen and oxygen atoms in total. The molecule has 2 heterocycles. The Bertz CT molecular complexity index is 682. The van der Waals surface area contributed by atoms with Crippen LogP contribution in [0, 0.1) is 0 Å². The largest absolute Gasteiger partial charge is 0.349 e. The van der Waals surface area contributed by atoms with Crippen LogP contribution in [0.3, 0.4) is 0 Å². The summed E-state index contributed by atoms with van der Waals surface area (Å²) in [5, 5.41) is 3.19. The van der Waals surface area contributed by atoms with Crippen LogP contribution >= 0.6 is 0 Å². The minimum absolute atomic E-state index is 0.0648. The van der Waals surface area contributed by atoms with E-state index in [-0.39, 0.29) is 10.8 Å². The lowest BCUT2D eigenvalue weighted by molar-refractivity contribution is 0.600. The second-order valence-corrected chi connectivity index (χ2v) is 6.09.